The Balaban J connectivity index is 1.86. The molecule has 2 aliphatic heterocycles. The lowest BCUT2D eigenvalue weighted by Crippen LogP contribution is -2.45. The molecule has 19 heavy (non-hydrogen) atoms. The zero-order valence-electron chi connectivity index (χ0n) is 11.6. The molecule has 108 valence electrons. The second-order valence-corrected chi connectivity index (χ2v) is 5.86. The number of rotatable bonds is 4. The van der Waals surface area contributed by atoms with Crippen LogP contribution in [0, 0.1) is 11.8 Å². The molecule has 3 unspecified atom stereocenters. The molecule has 0 aromatic heterocycles. The Labute approximate surface area is 114 Å². The molecule has 2 aliphatic rings. The van der Waals surface area contributed by atoms with E-state index in [0.717, 1.165) is 38.9 Å². The number of amides is 1. The Morgan fingerprint density at radius 2 is 2.16 bits per heavy atom. The van der Waals surface area contributed by atoms with E-state index in [-0.39, 0.29) is 24.3 Å². The zero-order valence-corrected chi connectivity index (χ0v) is 11.6. The number of hydrogen-bond acceptors (Lipinski definition) is 3. The number of carboxylic acids is 1. The molecule has 0 bridgehead atoms. The zero-order chi connectivity index (χ0) is 13.8. The van der Waals surface area contributed by atoms with Crippen LogP contribution in [0.5, 0.6) is 0 Å². The first-order valence-corrected chi connectivity index (χ1v) is 7.32. The number of aliphatic carboxylic acids is 1. The smallest absolute Gasteiger partial charge is 0.303 e. The van der Waals surface area contributed by atoms with Crippen LogP contribution in [0.3, 0.4) is 0 Å². The molecule has 3 atom stereocenters. The van der Waals surface area contributed by atoms with Crippen molar-refractivity contribution in [2.24, 2.45) is 11.8 Å². The SMILES string of the molecule is CC1NCCC1C(=O)N1CCCC(CCC(=O)O)C1. The summed E-state index contributed by atoms with van der Waals surface area (Å²) < 4.78 is 0. The summed E-state index contributed by atoms with van der Waals surface area (Å²) >= 11 is 0. The normalized spacial score (nSPS) is 31.4. The van der Waals surface area contributed by atoms with Crippen molar-refractivity contribution in [3.05, 3.63) is 0 Å². The van der Waals surface area contributed by atoms with Gasteiger partial charge in [0.25, 0.3) is 0 Å². The van der Waals surface area contributed by atoms with Crippen molar-refractivity contribution < 1.29 is 14.7 Å². The molecular formula is C14H24N2O3. The second kappa shape index (κ2) is 6.37. The quantitative estimate of drug-likeness (QED) is 0.800. The minimum Gasteiger partial charge on any atom is -0.481 e. The van der Waals surface area contributed by atoms with Crippen molar-refractivity contribution in [3.63, 3.8) is 0 Å². The third-order valence-corrected chi connectivity index (χ3v) is 4.44. The third kappa shape index (κ3) is 3.69. The van der Waals surface area contributed by atoms with Crippen molar-refractivity contribution >= 4 is 11.9 Å². The van der Waals surface area contributed by atoms with Crippen molar-refractivity contribution in [1.82, 2.24) is 10.2 Å². The summed E-state index contributed by atoms with van der Waals surface area (Å²) in [5, 5.41) is 12.1. The first-order valence-electron chi connectivity index (χ1n) is 7.32. The van der Waals surface area contributed by atoms with Crippen LogP contribution >= 0.6 is 0 Å². The molecule has 1 amide bonds. The first-order chi connectivity index (χ1) is 9.08. The number of piperidine rings is 1. The predicted molar refractivity (Wildman–Crippen MR) is 71.7 cm³/mol. The van der Waals surface area contributed by atoms with Gasteiger partial charge in [0.05, 0.1) is 5.92 Å². The molecule has 2 N–H and O–H groups in total. The summed E-state index contributed by atoms with van der Waals surface area (Å²) in [6.45, 7) is 4.58. The van der Waals surface area contributed by atoms with Gasteiger partial charge in [0.1, 0.15) is 0 Å². The summed E-state index contributed by atoms with van der Waals surface area (Å²) in [7, 11) is 0. The fourth-order valence-electron chi connectivity index (χ4n) is 3.26. The van der Waals surface area contributed by atoms with Crippen LogP contribution in [0.2, 0.25) is 0 Å². The highest BCUT2D eigenvalue weighted by Crippen LogP contribution is 2.25. The van der Waals surface area contributed by atoms with Gasteiger partial charge in [-0.2, -0.15) is 0 Å². The minimum absolute atomic E-state index is 0.109. The van der Waals surface area contributed by atoms with E-state index >= 15 is 0 Å². The van der Waals surface area contributed by atoms with Gasteiger partial charge in [-0.05, 0) is 45.1 Å². The number of likely N-dealkylation sites (tertiary alicyclic amines) is 1. The van der Waals surface area contributed by atoms with Crippen LogP contribution in [0.25, 0.3) is 0 Å². The topological polar surface area (TPSA) is 69.6 Å². The molecule has 0 spiro atoms. The summed E-state index contributed by atoms with van der Waals surface area (Å²) in [6, 6.07) is 0.270. The highest BCUT2D eigenvalue weighted by atomic mass is 16.4. The predicted octanol–water partition coefficient (Wildman–Crippen LogP) is 1.09. The molecule has 2 rings (SSSR count). The van der Waals surface area contributed by atoms with E-state index in [1.54, 1.807) is 0 Å². The van der Waals surface area contributed by atoms with E-state index in [1.165, 1.54) is 0 Å². The van der Waals surface area contributed by atoms with Gasteiger partial charge in [0.15, 0.2) is 0 Å². The Hall–Kier alpha value is -1.10. The van der Waals surface area contributed by atoms with Gasteiger partial charge in [-0.25, -0.2) is 0 Å². The van der Waals surface area contributed by atoms with Gasteiger partial charge in [-0.3, -0.25) is 9.59 Å². The highest BCUT2D eigenvalue weighted by Gasteiger charge is 2.34. The van der Waals surface area contributed by atoms with Crippen LogP contribution < -0.4 is 5.32 Å². The molecule has 2 fully saturated rings. The second-order valence-electron chi connectivity index (χ2n) is 5.86. The number of carboxylic acid groups (broad SMARTS) is 1. The standard InChI is InChI=1S/C14H24N2O3/c1-10-12(6-7-15-10)14(19)16-8-2-3-11(9-16)4-5-13(17)18/h10-12,15H,2-9H2,1H3,(H,17,18). The fraction of sp³-hybridized carbons (Fsp3) is 0.857. The van der Waals surface area contributed by atoms with E-state index in [9.17, 15) is 9.59 Å². The molecule has 0 aliphatic carbocycles. The monoisotopic (exact) mass is 268 g/mol. The summed E-state index contributed by atoms with van der Waals surface area (Å²) in [5.41, 5.74) is 0. The van der Waals surface area contributed by atoms with Gasteiger partial charge >= 0.3 is 5.97 Å². The molecule has 2 heterocycles. The number of hydrogen-bond donors (Lipinski definition) is 2. The van der Waals surface area contributed by atoms with Gasteiger partial charge < -0.3 is 15.3 Å². The Morgan fingerprint density at radius 1 is 1.37 bits per heavy atom. The van der Waals surface area contributed by atoms with Gasteiger partial charge in [0.2, 0.25) is 5.91 Å². The maximum atomic E-state index is 12.5. The molecule has 2 saturated heterocycles. The van der Waals surface area contributed by atoms with Crippen molar-refractivity contribution in [3.8, 4) is 0 Å². The van der Waals surface area contributed by atoms with Crippen molar-refractivity contribution in [2.45, 2.75) is 45.1 Å². The van der Waals surface area contributed by atoms with Crippen molar-refractivity contribution in [1.29, 1.82) is 0 Å². The summed E-state index contributed by atoms with van der Waals surface area (Å²) in [6.07, 6.45) is 3.89. The average molecular weight is 268 g/mol. The van der Waals surface area contributed by atoms with E-state index in [4.69, 9.17) is 5.11 Å². The van der Waals surface area contributed by atoms with Crippen LogP contribution in [-0.2, 0) is 9.59 Å². The van der Waals surface area contributed by atoms with Gasteiger partial charge in [-0.1, -0.05) is 0 Å². The lowest BCUT2D eigenvalue weighted by atomic mass is 9.91. The number of nitrogens with zero attached hydrogens (tertiary/aromatic N) is 1. The molecular weight excluding hydrogens is 244 g/mol. The van der Waals surface area contributed by atoms with E-state index in [1.807, 2.05) is 4.90 Å². The van der Waals surface area contributed by atoms with Crippen LogP contribution in [0.15, 0.2) is 0 Å². The molecule has 5 nitrogen and oxygen atoms in total. The lowest BCUT2D eigenvalue weighted by molar-refractivity contribution is -0.138. The van der Waals surface area contributed by atoms with Crippen LogP contribution in [-0.4, -0.2) is 47.6 Å². The molecule has 5 heteroatoms. The lowest BCUT2D eigenvalue weighted by Gasteiger charge is -2.35. The first kappa shape index (κ1) is 14.3. The maximum Gasteiger partial charge on any atom is 0.303 e. The van der Waals surface area contributed by atoms with Gasteiger partial charge in [0, 0.05) is 25.6 Å². The largest absolute Gasteiger partial charge is 0.481 e. The Kier molecular flexibility index (Phi) is 4.80. The van der Waals surface area contributed by atoms with E-state index < -0.39 is 5.97 Å². The third-order valence-electron chi connectivity index (χ3n) is 4.44. The number of carbonyl (C=O) groups excluding carboxylic acids is 1. The summed E-state index contributed by atoms with van der Waals surface area (Å²) in [4.78, 5) is 25.0. The van der Waals surface area contributed by atoms with Crippen LogP contribution in [0.4, 0.5) is 0 Å². The summed E-state index contributed by atoms with van der Waals surface area (Å²) in [5.74, 6) is -0.00807. The highest BCUT2D eigenvalue weighted by molar-refractivity contribution is 5.80. The number of carbonyl (C=O) groups is 2. The Bertz CT molecular complexity index is 346. The maximum absolute atomic E-state index is 12.5. The van der Waals surface area contributed by atoms with Gasteiger partial charge in [-0.15, -0.1) is 0 Å². The molecule has 0 saturated carbocycles. The van der Waals surface area contributed by atoms with Crippen molar-refractivity contribution in [2.75, 3.05) is 19.6 Å². The number of nitrogens with one attached hydrogen (secondary N) is 1. The Morgan fingerprint density at radius 3 is 2.79 bits per heavy atom. The molecule has 0 radical (unpaired) electrons. The average Bonchev–Trinajstić information content (AvgIpc) is 2.82. The van der Waals surface area contributed by atoms with Crippen LogP contribution in [0.1, 0.15) is 39.0 Å². The molecule has 0 aromatic carbocycles. The van der Waals surface area contributed by atoms with E-state index in [0.29, 0.717) is 12.3 Å². The fourth-order valence-corrected chi connectivity index (χ4v) is 3.26. The minimum atomic E-state index is -0.739. The van der Waals surface area contributed by atoms with E-state index in [2.05, 4.69) is 12.2 Å². The molecule has 0 aromatic rings.